The molecule has 3 rings (SSSR count). The van der Waals surface area contributed by atoms with Crippen molar-refractivity contribution >= 4 is 11.6 Å². The minimum Gasteiger partial charge on any atom is -0.378 e. The van der Waals surface area contributed by atoms with Crippen LogP contribution in [0.5, 0.6) is 0 Å². The predicted molar refractivity (Wildman–Crippen MR) is 71.8 cm³/mol. The third-order valence-corrected chi connectivity index (χ3v) is 4.09. The summed E-state index contributed by atoms with van der Waals surface area (Å²) in [6.45, 7) is 0.845. The van der Waals surface area contributed by atoms with Gasteiger partial charge in [-0.3, -0.25) is 4.79 Å². The molecule has 4 heteroatoms. The first kappa shape index (κ1) is 12.6. The Balaban J connectivity index is 1.66. The molecule has 0 aliphatic carbocycles. The third kappa shape index (κ3) is 2.26. The number of rotatable bonds is 4. The molecule has 102 valence electrons. The van der Waals surface area contributed by atoms with Crippen molar-refractivity contribution in [3.8, 4) is 0 Å². The molecular formula is C15H19NO3. The van der Waals surface area contributed by atoms with Gasteiger partial charge in [0.15, 0.2) is 5.60 Å². The van der Waals surface area contributed by atoms with Crippen molar-refractivity contribution in [2.24, 2.45) is 0 Å². The molecule has 19 heavy (non-hydrogen) atoms. The van der Waals surface area contributed by atoms with Crippen molar-refractivity contribution in [1.82, 2.24) is 0 Å². The second-order valence-electron chi connectivity index (χ2n) is 5.39. The van der Waals surface area contributed by atoms with E-state index in [2.05, 4.69) is 5.32 Å². The highest BCUT2D eigenvalue weighted by atomic mass is 16.5. The maximum absolute atomic E-state index is 12.0. The Morgan fingerprint density at radius 1 is 1.42 bits per heavy atom. The lowest BCUT2D eigenvalue weighted by molar-refractivity contribution is -0.134. The first-order valence-corrected chi connectivity index (χ1v) is 6.95. The van der Waals surface area contributed by atoms with E-state index in [1.54, 1.807) is 0 Å². The monoisotopic (exact) mass is 261 g/mol. The van der Waals surface area contributed by atoms with Gasteiger partial charge in [0.05, 0.1) is 6.10 Å². The minimum absolute atomic E-state index is 0.305. The van der Waals surface area contributed by atoms with Gasteiger partial charge in [0.25, 0.3) is 5.91 Å². The fourth-order valence-corrected chi connectivity index (χ4v) is 3.01. The summed E-state index contributed by atoms with van der Waals surface area (Å²) < 4.78 is 5.56. The summed E-state index contributed by atoms with van der Waals surface area (Å²) >= 11 is 0. The van der Waals surface area contributed by atoms with Crippen molar-refractivity contribution in [3.05, 3.63) is 29.8 Å². The number of benzene rings is 1. The van der Waals surface area contributed by atoms with Crippen LogP contribution in [-0.4, -0.2) is 23.7 Å². The molecule has 2 heterocycles. The summed E-state index contributed by atoms with van der Waals surface area (Å²) in [5.74, 6) is -0.305. The van der Waals surface area contributed by atoms with Crippen LogP contribution in [0, 0.1) is 0 Å². The van der Waals surface area contributed by atoms with Gasteiger partial charge in [0.2, 0.25) is 0 Å². The second kappa shape index (κ2) is 4.94. The summed E-state index contributed by atoms with van der Waals surface area (Å²) in [4.78, 5) is 12.0. The highest BCUT2D eigenvalue weighted by Gasteiger charge is 2.44. The zero-order valence-corrected chi connectivity index (χ0v) is 10.9. The van der Waals surface area contributed by atoms with Crippen LogP contribution in [0.2, 0.25) is 0 Å². The molecule has 2 unspecified atom stereocenters. The number of anilines is 1. The van der Waals surface area contributed by atoms with E-state index in [0.717, 1.165) is 38.0 Å². The molecule has 0 bridgehead atoms. The largest absolute Gasteiger partial charge is 0.378 e. The summed E-state index contributed by atoms with van der Waals surface area (Å²) in [6.07, 6.45) is 4.69. The van der Waals surface area contributed by atoms with Gasteiger partial charge in [0.1, 0.15) is 0 Å². The minimum atomic E-state index is -1.37. The molecule has 4 nitrogen and oxygen atoms in total. The van der Waals surface area contributed by atoms with E-state index in [9.17, 15) is 9.90 Å². The van der Waals surface area contributed by atoms with Gasteiger partial charge in [-0.15, -0.1) is 0 Å². The lowest BCUT2D eigenvalue weighted by atomic mass is 9.89. The molecule has 1 fully saturated rings. The van der Waals surface area contributed by atoms with Gasteiger partial charge >= 0.3 is 0 Å². The summed E-state index contributed by atoms with van der Waals surface area (Å²) in [5.41, 5.74) is 0.0642. The van der Waals surface area contributed by atoms with Crippen LogP contribution >= 0.6 is 0 Å². The number of carbonyl (C=O) groups excluding carboxylic acids is 1. The van der Waals surface area contributed by atoms with E-state index in [1.165, 1.54) is 0 Å². The Morgan fingerprint density at radius 2 is 2.26 bits per heavy atom. The lowest BCUT2D eigenvalue weighted by Gasteiger charge is -2.21. The van der Waals surface area contributed by atoms with E-state index < -0.39 is 5.60 Å². The zero-order valence-electron chi connectivity index (χ0n) is 10.9. The number of nitrogens with one attached hydrogen (secondary N) is 1. The summed E-state index contributed by atoms with van der Waals surface area (Å²) in [5, 5.41) is 13.4. The molecule has 0 radical (unpaired) electrons. The van der Waals surface area contributed by atoms with Crippen LogP contribution in [0.15, 0.2) is 24.3 Å². The molecule has 2 N–H and O–H groups in total. The van der Waals surface area contributed by atoms with Crippen molar-refractivity contribution in [2.75, 3.05) is 11.9 Å². The molecule has 0 aromatic heterocycles. The lowest BCUT2D eigenvalue weighted by Crippen LogP contribution is -2.34. The molecule has 1 amide bonds. The average Bonchev–Trinajstić information content (AvgIpc) is 2.99. The Morgan fingerprint density at radius 3 is 3.05 bits per heavy atom. The van der Waals surface area contributed by atoms with E-state index in [4.69, 9.17) is 4.74 Å². The number of aliphatic hydroxyl groups is 1. The standard InChI is InChI=1S/C15H19NO3/c17-14-15(18,9-3-5-11-6-4-10-19-11)12-7-1-2-8-13(12)16-14/h1-2,7-8,11,18H,3-6,9-10H2,(H,16,17). The third-order valence-electron chi connectivity index (χ3n) is 4.09. The number of amides is 1. The maximum Gasteiger partial charge on any atom is 0.261 e. The van der Waals surface area contributed by atoms with Crippen molar-refractivity contribution in [1.29, 1.82) is 0 Å². The molecule has 1 aromatic carbocycles. The smallest absolute Gasteiger partial charge is 0.261 e. The van der Waals surface area contributed by atoms with Gasteiger partial charge in [-0.1, -0.05) is 18.2 Å². The molecular weight excluding hydrogens is 242 g/mol. The number of hydrogen-bond acceptors (Lipinski definition) is 3. The van der Waals surface area contributed by atoms with Gasteiger partial charge in [-0.2, -0.15) is 0 Å². The molecule has 2 atom stereocenters. The van der Waals surface area contributed by atoms with Crippen molar-refractivity contribution in [3.63, 3.8) is 0 Å². The predicted octanol–water partition coefficient (Wildman–Crippen LogP) is 2.18. The number of para-hydroxylation sites is 1. The highest BCUT2D eigenvalue weighted by molar-refractivity contribution is 6.04. The van der Waals surface area contributed by atoms with E-state index >= 15 is 0 Å². The highest BCUT2D eigenvalue weighted by Crippen LogP contribution is 2.39. The first-order chi connectivity index (χ1) is 9.20. The Kier molecular flexibility index (Phi) is 3.29. The SMILES string of the molecule is O=C1Nc2ccccc2C1(O)CCCC1CCCO1. The number of carbonyl (C=O) groups is 1. The maximum atomic E-state index is 12.0. The molecule has 2 aliphatic heterocycles. The fourth-order valence-electron chi connectivity index (χ4n) is 3.01. The Hall–Kier alpha value is -1.39. The molecule has 0 saturated carbocycles. The topological polar surface area (TPSA) is 58.6 Å². The Bertz CT molecular complexity index is 482. The van der Waals surface area contributed by atoms with E-state index in [1.807, 2.05) is 24.3 Å². The summed E-state index contributed by atoms with van der Waals surface area (Å²) in [7, 11) is 0. The van der Waals surface area contributed by atoms with Crippen LogP contribution in [0.25, 0.3) is 0 Å². The van der Waals surface area contributed by atoms with Crippen LogP contribution in [0.3, 0.4) is 0 Å². The Labute approximate surface area is 112 Å². The molecule has 1 aromatic rings. The van der Waals surface area contributed by atoms with Crippen LogP contribution in [0.1, 0.15) is 37.7 Å². The van der Waals surface area contributed by atoms with Crippen molar-refractivity contribution < 1.29 is 14.6 Å². The quantitative estimate of drug-likeness (QED) is 0.873. The fraction of sp³-hybridized carbons (Fsp3) is 0.533. The van der Waals surface area contributed by atoms with Gasteiger partial charge in [-0.25, -0.2) is 0 Å². The van der Waals surface area contributed by atoms with Gasteiger partial charge in [-0.05, 0) is 38.2 Å². The number of fused-ring (bicyclic) bond motifs is 1. The van der Waals surface area contributed by atoms with E-state index in [0.29, 0.717) is 18.1 Å². The molecule has 1 saturated heterocycles. The van der Waals surface area contributed by atoms with Gasteiger partial charge in [0, 0.05) is 17.9 Å². The number of hydrogen-bond donors (Lipinski definition) is 2. The average molecular weight is 261 g/mol. The molecule has 0 spiro atoms. The van der Waals surface area contributed by atoms with Crippen LogP contribution < -0.4 is 5.32 Å². The normalized spacial score (nSPS) is 29.3. The first-order valence-electron chi connectivity index (χ1n) is 6.95. The second-order valence-corrected chi connectivity index (χ2v) is 5.39. The summed E-state index contributed by atoms with van der Waals surface area (Å²) in [6, 6.07) is 7.35. The molecule has 2 aliphatic rings. The van der Waals surface area contributed by atoms with E-state index in [-0.39, 0.29) is 5.91 Å². The zero-order chi connectivity index (χ0) is 13.3. The van der Waals surface area contributed by atoms with Crippen LogP contribution in [0.4, 0.5) is 5.69 Å². The number of ether oxygens (including phenoxy) is 1. The van der Waals surface area contributed by atoms with Gasteiger partial charge < -0.3 is 15.2 Å². The van der Waals surface area contributed by atoms with Crippen LogP contribution in [-0.2, 0) is 15.1 Å². The van der Waals surface area contributed by atoms with Crippen molar-refractivity contribution in [2.45, 2.75) is 43.8 Å².